The summed E-state index contributed by atoms with van der Waals surface area (Å²) in [5.74, 6) is -1.25. The fourth-order valence-corrected chi connectivity index (χ4v) is 9.48. The Morgan fingerprint density at radius 2 is 1.58 bits per heavy atom. The number of aromatic nitrogens is 1. The van der Waals surface area contributed by atoms with Gasteiger partial charge in [-0.15, -0.1) is 11.3 Å². The number of aliphatic hydroxyl groups excluding tert-OH is 1. The van der Waals surface area contributed by atoms with Crippen molar-refractivity contribution in [3.8, 4) is 22.3 Å². The molecule has 4 aromatic rings. The van der Waals surface area contributed by atoms with E-state index in [4.69, 9.17) is 26.4 Å². The Morgan fingerprint density at radius 1 is 0.944 bits per heavy atom. The van der Waals surface area contributed by atoms with Crippen LogP contribution in [-0.4, -0.2) is 107 Å². The van der Waals surface area contributed by atoms with Gasteiger partial charge < -0.3 is 39.8 Å². The molecule has 380 valence electrons. The van der Waals surface area contributed by atoms with Crippen LogP contribution in [0.5, 0.6) is 5.75 Å². The highest BCUT2D eigenvalue weighted by Gasteiger charge is 2.51. The minimum Gasteiger partial charge on any atom is -0.494 e. The van der Waals surface area contributed by atoms with Crippen LogP contribution in [0.4, 0.5) is 24.5 Å². The van der Waals surface area contributed by atoms with Crippen LogP contribution < -0.4 is 25.2 Å². The third kappa shape index (κ3) is 13.5. The first-order valence-corrected chi connectivity index (χ1v) is 24.7. The molecule has 0 radical (unpaired) electrons. The Hall–Kier alpha value is -5.98. The zero-order valence-electron chi connectivity index (χ0n) is 40.6. The lowest BCUT2D eigenvalue weighted by Crippen LogP contribution is -2.58. The predicted molar refractivity (Wildman–Crippen MR) is 266 cm³/mol. The molecule has 3 aromatic carbocycles. The molecular weight excluding hydrogens is 960 g/mol. The number of hydrogen-bond donors (Lipinski definition) is 3. The average molecular weight is 1020 g/mol. The van der Waals surface area contributed by atoms with E-state index < -0.39 is 64.2 Å². The summed E-state index contributed by atoms with van der Waals surface area (Å²) in [7, 11) is 0. The quantitative estimate of drug-likeness (QED) is 0.0541. The topological polar surface area (TPSA) is 187 Å². The number of likely N-dealkylation sites (tertiary alicyclic amines) is 1. The van der Waals surface area contributed by atoms with Gasteiger partial charge in [-0.25, -0.2) is 0 Å². The summed E-state index contributed by atoms with van der Waals surface area (Å²) in [6, 6.07) is 17.1. The maximum absolute atomic E-state index is 14.0. The first-order valence-electron chi connectivity index (χ1n) is 23.4. The lowest BCUT2D eigenvalue weighted by molar-refractivity contribution is -0.144. The summed E-state index contributed by atoms with van der Waals surface area (Å²) in [5, 5.41) is 25.6. The van der Waals surface area contributed by atoms with Crippen LogP contribution in [-0.2, 0) is 34.8 Å². The first-order chi connectivity index (χ1) is 33.6. The molecule has 3 N–H and O–H groups in total. The van der Waals surface area contributed by atoms with Crippen LogP contribution in [0.15, 0.2) is 78.4 Å². The van der Waals surface area contributed by atoms with Crippen molar-refractivity contribution in [1.29, 1.82) is 5.26 Å². The summed E-state index contributed by atoms with van der Waals surface area (Å²) in [6.45, 7) is 12.0. The number of nitrogens with zero attached hydrogens (tertiary/aromatic N) is 5. The van der Waals surface area contributed by atoms with Crippen molar-refractivity contribution in [2.75, 3.05) is 49.4 Å². The smallest absolute Gasteiger partial charge is 0.417 e. The SMILES string of the molecule is C[C@H](NC(=O)[C@@H]1C[C@@H](O)CN1C(=O)[C@@H](NC(=O)COCCCCOCCCCOc1ccc(N2C(=S)N(c3ccc(C#N)c(C(F)(F)F)c3)C(=O)C2(C)C)cc1)C(C)(C)C)c1ccc(-c2cncs2)cc1. The largest absolute Gasteiger partial charge is 0.494 e. The molecule has 0 unspecified atom stereocenters. The van der Waals surface area contributed by atoms with Gasteiger partial charge in [-0.3, -0.25) is 29.1 Å². The molecule has 4 atom stereocenters. The molecule has 6 rings (SSSR count). The molecule has 3 heterocycles. The average Bonchev–Trinajstić information content (AvgIpc) is 4.05. The van der Waals surface area contributed by atoms with E-state index in [0.29, 0.717) is 57.1 Å². The molecule has 15 nitrogen and oxygen atoms in total. The number of ether oxygens (including phenoxy) is 3. The van der Waals surface area contributed by atoms with Gasteiger partial charge in [0.05, 0.1) is 52.0 Å². The number of rotatable bonds is 21. The Bertz CT molecular complexity index is 2550. The van der Waals surface area contributed by atoms with E-state index >= 15 is 0 Å². The molecule has 1 aromatic heterocycles. The summed E-state index contributed by atoms with van der Waals surface area (Å²) in [5.41, 5.74) is 0.490. The van der Waals surface area contributed by atoms with Crippen LogP contribution in [0.25, 0.3) is 10.4 Å². The second kappa shape index (κ2) is 23.5. The van der Waals surface area contributed by atoms with E-state index in [1.54, 1.807) is 60.8 Å². The van der Waals surface area contributed by atoms with Gasteiger partial charge in [-0.05, 0) is 118 Å². The van der Waals surface area contributed by atoms with Gasteiger partial charge in [0, 0.05) is 44.7 Å². The summed E-state index contributed by atoms with van der Waals surface area (Å²) >= 11 is 7.16. The van der Waals surface area contributed by atoms with E-state index in [9.17, 15) is 42.7 Å². The predicted octanol–water partition coefficient (Wildman–Crippen LogP) is 7.96. The number of halogens is 3. The Morgan fingerprint density at radius 3 is 2.18 bits per heavy atom. The molecular formula is C51H60F3N7O8S2. The third-order valence-electron chi connectivity index (χ3n) is 12.2. The molecule has 2 aliphatic heterocycles. The van der Waals surface area contributed by atoms with Crippen molar-refractivity contribution in [2.24, 2.45) is 5.41 Å². The summed E-state index contributed by atoms with van der Waals surface area (Å²) in [6.07, 6.45) is -1.01. The number of nitriles is 1. The van der Waals surface area contributed by atoms with Crippen molar-refractivity contribution in [1.82, 2.24) is 20.5 Å². The van der Waals surface area contributed by atoms with Crippen LogP contribution >= 0.6 is 23.6 Å². The zero-order valence-corrected chi connectivity index (χ0v) is 42.2. The van der Waals surface area contributed by atoms with Crippen LogP contribution in [0.3, 0.4) is 0 Å². The van der Waals surface area contributed by atoms with Crippen molar-refractivity contribution in [3.63, 3.8) is 0 Å². The number of benzene rings is 3. The molecule has 2 aliphatic rings. The lowest BCUT2D eigenvalue weighted by atomic mass is 9.85. The Balaban J connectivity index is 0.856. The van der Waals surface area contributed by atoms with Crippen LogP contribution in [0.1, 0.15) is 96.4 Å². The zero-order chi connectivity index (χ0) is 51.7. The minimum absolute atomic E-state index is 0.00164. The highest BCUT2D eigenvalue weighted by molar-refractivity contribution is 7.81. The van der Waals surface area contributed by atoms with E-state index in [2.05, 4.69) is 15.6 Å². The molecule has 0 bridgehead atoms. The molecule has 0 saturated carbocycles. The van der Waals surface area contributed by atoms with E-state index in [-0.39, 0.29) is 42.3 Å². The number of thiocarbonyl (C=S) groups is 1. The normalized spacial score (nSPS) is 17.8. The maximum Gasteiger partial charge on any atom is 0.417 e. The maximum atomic E-state index is 14.0. The van der Waals surface area contributed by atoms with Gasteiger partial charge in [0.15, 0.2) is 5.11 Å². The van der Waals surface area contributed by atoms with Gasteiger partial charge in [-0.2, -0.15) is 18.4 Å². The molecule has 20 heteroatoms. The number of β-amino-alcohol motifs (C(OH)–C–C–N with tert-alkyl or cyclic N) is 1. The van der Waals surface area contributed by atoms with Gasteiger partial charge in [0.1, 0.15) is 30.0 Å². The van der Waals surface area contributed by atoms with Crippen molar-refractivity contribution in [3.05, 3.63) is 95.1 Å². The number of unbranched alkanes of at least 4 members (excludes halogenated alkanes) is 2. The third-order valence-corrected chi connectivity index (χ3v) is 13.4. The number of hydrogen-bond acceptors (Lipinski definition) is 12. The van der Waals surface area contributed by atoms with Gasteiger partial charge >= 0.3 is 6.18 Å². The standard InChI is InChI=1S/C51H60F3N7O8S2/c1-32(33-11-13-34(14-12-33)42-28-56-31-71-42)57-45(64)41-26-38(62)29-59(41)46(65)44(49(2,3)4)58-43(63)30-68-23-8-7-21-67-22-9-10-24-69-39-19-17-36(18-20-39)61-48(70)60(47(66)50(61,5)6)37-16-15-35(27-55)40(25-37)51(52,53)54/h11-20,25,28,31-32,38,41,44,62H,7-10,21-24,26,29-30H2,1-6H3,(H,57,64)(H,58,63)/t32-,38+,41-,44+/m0/s1. The number of carbonyl (C=O) groups excluding carboxylic acids is 4. The van der Waals surface area contributed by atoms with Crippen LogP contribution in [0, 0.1) is 16.7 Å². The number of carbonyl (C=O) groups is 4. The molecule has 4 amide bonds. The van der Waals surface area contributed by atoms with E-state index in [1.165, 1.54) is 22.3 Å². The van der Waals surface area contributed by atoms with E-state index in [0.717, 1.165) is 39.5 Å². The van der Waals surface area contributed by atoms with E-state index in [1.807, 2.05) is 52.0 Å². The number of thiazole rings is 1. The molecule has 71 heavy (non-hydrogen) atoms. The number of alkyl halides is 3. The minimum atomic E-state index is -4.80. The highest BCUT2D eigenvalue weighted by atomic mass is 32.1. The summed E-state index contributed by atoms with van der Waals surface area (Å²) < 4.78 is 58.4. The van der Waals surface area contributed by atoms with Crippen LogP contribution in [0.2, 0.25) is 0 Å². The molecule has 2 saturated heterocycles. The van der Waals surface area contributed by atoms with Gasteiger partial charge in [-0.1, -0.05) is 45.0 Å². The fraction of sp³-hybridized carbons (Fsp3) is 0.471. The van der Waals surface area contributed by atoms with Crippen molar-refractivity contribution in [2.45, 2.75) is 110 Å². The Kier molecular flexibility index (Phi) is 18.0. The summed E-state index contributed by atoms with van der Waals surface area (Å²) in [4.78, 5) is 63.3. The monoisotopic (exact) mass is 1020 g/mol. The number of anilines is 2. The van der Waals surface area contributed by atoms with Crippen molar-refractivity contribution >= 4 is 63.7 Å². The second-order valence-corrected chi connectivity index (χ2v) is 20.3. The van der Waals surface area contributed by atoms with Gasteiger partial charge in [0.2, 0.25) is 17.7 Å². The lowest BCUT2D eigenvalue weighted by Gasteiger charge is -2.35. The molecule has 2 fully saturated rings. The number of amides is 4. The van der Waals surface area contributed by atoms with Gasteiger partial charge in [0.25, 0.3) is 5.91 Å². The Labute approximate surface area is 421 Å². The number of aliphatic hydroxyl groups is 1. The molecule has 0 spiro atoms. The first kappa shape index (κ1) is 54.4. The van der Waals surface area contributed by atoms with Crippen molar-refractivity contribution < 1.29 is 51.7 Å². The highest BCUT2D eigenvalue weighted by Crippen LogP contribution is 2.40. The molecule has 0 aliphatic carbocycles. The second-order valence-electron chi connectivity index (χ2n) is 19.1. The fourth-order valence-electron chi connectivity index (χ4n) is 8.33. The number of nitrogens with one attached hydrogen (secondary N) is 2.